The van der Waals surface area contributed by atoms with Gasteiger partial charge >= 0.3 is 0 Å². The number of hydrogen-bond acceptors (Lipinski definition) is 3. The normalized spacial score (nSPS) is 21.0. The SMILES string of the molecule is N[C@H](Cc1ccccc1)C(=O)N1CCC[C@H]1CO. The van der Waals surface area contributed by atoms with Crippen molar-refractivity contribution in [1.82, 2.24) is 4.90 Å². The number of carbonyl (C=O) groups excluding carboxylic acids is 1. The number of aliphatic hydroxyl groups is 1. The van der Waals surface area contributed by atoms with Crippen molar-refractivity contribution in [3.63, 3.8) is 0 Å². The Morgan fingerprint density at radius 1 is 1.44 bits per heavy atom. The number of likely N-dealkylation sites (tertiary alicyclic amines) is 1. The molecule has 0 aromatic heterocycles. The molecular weight excluding hydrogens is 228 g/mol. The lowest BCUT2D eigenvalue weighted by atomic mass is 10.1. The van der Waals surface area contributed by atoms with Gasteiger partial charge in [0, 0.05) is 6.54 Å². The lowest BCUT2D eigenvalue weighted by Gasteiger charge is -2.26. The molecule has 1 aromatic carbocycles. The highest BCUT2D eigenvalue weighted by molar-refractivity contribution is 5.82. The largest absolute Gasteiger partial charge is 0.394 e. The van der Waals surface area contributed by atoms with E-state index < -0.39 is 6.04 Å². The Bertz CT molecular complexity index is 394. The van der Waals surface area contributed by atoms with Gasteiger partial charge in [-0.2, -0.15) is 0 Å². The Labute approximate surface area is 107 Å². The van der Waals surface area contributed by atoms with E-state index in [1.165, 1.54) is 0 Å². The Morgan fingerprint density at radius 3 is 2.83 bits per heavy atom. The standard InChI is InChI=1S/C14H20N2O2/c15-13(9-11-5-2-1-3-6-11)14(18)16-8-4-7-12(16)10-17/h1-3,5-6,12-13,17H,4,7-10,15H2/t12-,13+/m0/s1. The Kier molecular flexibility index (Phi) is 4.33. The van der Waals surface area contributed by atoms with Crippen molar-refractivity contribution >= 4 is 5.91 Å². The summed E-state index contributed by atoms with van der Waals surface area (Å²) in [5.74, 6) is -0.0459. The topological polar surface area (TPSA) is 66.6 Å². The highest BCUT2D eigenvalue weighted by Crippen LogP contribution is 2.18. The van der Waals surface area contributed by atoms with E-state index in [-0.39, 0.29) is 18.6 Å². The molecule has 0 radical (unpaired) electrons. The summed E-state index contributed by atoms with van der Waals surface area (Å²) in [5.41, 5.74) is 7.04. The van der Waals surface area contributed by atoms with Crippen LogP contribution in [0.5, 0.6) is 0 Å². The zero-order chi connectivity index (χ0) is 13.0. The third-order valence-corrected chi connectivity index (χ3v) is 3.49. The molecule has 4 heteroatoms. The van der Waals surface area contributed by atoms with Crippen LogP contribution < -0.4 is 5.73 Å². The second-order valence-electron chi connectivity index (χ2n) is 4.81. The van der Waals surface area contributed by atoms with E-state index >= 15 is 0 Å². The molecule has 18 heavy (non-hydrogen) atoms. The maximum Gasteiger partial charge on any atom is 0.240 e. The lowest BCUT2D eigenvalue weighted by molar-refractivity contribution is -0.134. The number of aliphatic hydroxyl groups excluding tert-OH is 1. The van der Waals surface area contributed by atoms with Gasteiger partial charge in [-0.15, -0.1) is 0 Å². The highest BCUT2D eigenvalue weighted by atomic mass is 16.3. The van der Waals surface area contributed by atoms with Gasteiger partial charge in [0.05, 0.1) is 18.7 Å². The molecule has 0 aliphatic carbocycles. The number of nitrogens with two attached hydrogens (primary N) is 1. The van der Waals surface area contributed by atoms with Crippen molar-refractivity contribution in [1.29, 1.82) is 0 Å². The number of nitrogens with zero attached hydrogens (tertiary/aromatic N) is 1. The number of benzene rings is 1. The minimum absolute atomic E-state index is 0.0315. The first kappa shape index (κ1) is 13.1. The monoisotopic (exact) mass is 248 g/mol. The summed E-state index contributed by atoms with van der Waals surface area (Å²) in [7, 11) is 0. The summed E-state index contributed by atoms with van der Waals surface area (Å²) in [6.45, 7) is 0.746. The van der Waals surface area contributed by atoms with Gasteiger partial charge in [-0.05, 0) is 24.8 Å². The molecule has 2 atom stereocenters. The fourth-order valence-electron chi connectivity index (χ4n) is 2.48. The lowest BCUT2D eigenvalue weighted by Crippen LogP contribution is -2.47. The maximum atomic E-state index is 12.2. The summed E-state index contributed by atoms with van der Waals surface area (Å²) in [6.07, 6.45) is 2.38. The molecule has 98 valence electrons. The summed E-state index contributed by atoms with van der Waals surface area (Å²) in [4.78, 5) is 13.9. The Hall–Kier alpha value is -1.39. The van der Waals surface area contributed by atoms with Gasteiger partial charge in [0.1, 0.15) is 0 Å². The van der Waals surface area contributed by atoms with Crippen LogP contribution in [0, 0.1) is 0 Å². The first-order valence-electron chi connectivity index (χ1n) is 6.43. The second kappa shape index (κ2) is 5.98. The summed E-state index contributed by atoms with van der Waals surface area (Å²) in [5, 5.41) is 9.22. The second-order valence-corrected chi connectivity index (χ2v) is 4.81. The van der Waals surface area contributed by atoms with Crippen LogP contribution in [0.15, 0.2) is 30.3 Å². The van der Waals surface area contributed by atoms with Crippen molar-refractivity contribution in [2.75, 3.05) is 13.2 Å². The number of rotatable bonds is 4. The number of amides is 1. The molecule has 0 saturated carbocycles. The fraction of sp³-hybridized carbons (Fsp3) is 0.500. The number of carbonyl (C=O) groups is 1. The Morgan fingerprint density at radius 2 is 2.17 bits per heavy atom. The van der Waals surface area contributed by atoms with Crippen molar-refractivity contribution in [2.45, 2.75) is 31.3 Å². The predicted molar refractivity (Wildman–Crippen MR) is 69.9 cm³/mol. The third kappa shape index (κ3) is 2.89. The minimum atomic E-state index is -0.514. The van der Waals surface area contributed by atoms with Gasteiger partial charge in [-0.3, -0.25) is 4.79 Å². The summed E-state index contributed by atoms with van der Waals surface area (Å²) >= 11 is 0. The molecule has 0 spiro atoms. The first-order chi connectivity index (χ1) is 8.72. The molecule has 2 rings (SSSR count). The van der Waals surface area contributed by atoms with Crippen molar-refractivity contribution < 1.29 is 9.90 Å². The van der Waals surface area contributed by atoms with Crippen molar-refractivity contribution in [2.24, 2.45) is 5.73 Å². The molecule has 1 aliphatic heterocycles. The first-order valence-corrected chi connectivity index (χ1v) is 6.43. The van der Waals surface area contributed by atoms with Crippen LogP contribution in [0.4, 0.5) is 0 Å². The molecule has 0 bridgehead atoms. The molecular formula is C14H20N2O2. The van der Waals surface area contributed by atoms with Crippen LogP contribution in [0.25, 0.3) is 0 Å². The molecule has 1 amide bonds. The van der Waals surface area contributed by atoms with Crippen LogP contribution >= 0.6 is 0 Å². The maximum absolute atomic E-state index is 12.2. The molecule has 4 nitrogen and oxygen atoms in total. The van der Waals surface area contributed by atoms with Crippen LogP contribution in [0.3, 0.4) is 0 Å². The van der Waals surface area contributed by atoms with Gasteiger partial charge in [0.2, 0.25) is 5.91 Å². The highest BCUT2D eigenvalue weighted by Gasteiger charge is 2.30. The zero-order valence-electron chi connectivity index (χ0n) is 10.5. The van der Waals surface area contributed by atoms with Gasteiger partial charge < -0.3 is 15.7 Å². The molecule has 1 aliphatic rings. The van der Waals surface area contributed by atoms with E-state index in [4.69, 9.17) is 5.73 Å². The van der Waals surface area contributed by atoms with E-state index in [0.29, 0.717) is 13.0 Å². The fourth-order valence-corrected chi connectivity index (χ4v) is 2.48. The van der Waals surface area contributed by atoms with Crippen molar-refractivity contribution in [3.05, 3.63) is 35.9 Å². The molecule has 1 aromatic rings. The van der Waals surface area contributed by atoms with Crippen molar-refractivity contribution in [3.8, 4) is 0 Å². The van der Waals surface area contributed by atoms with Crippen LogP contribution in [-0.2, 0) is 11.2 Å². The molecule has 0 unspecified atom stereocenters. The van der Waals surface area contributed by atoms with Gasteiger partial charge in [-0.1, -0.05) is 30.3 Å². The van der Waals surface area contributed by atoms with E-state index in [1.54, 1.807) is 4.90 Å². The van der Waals surface area contributed by atoms with E-state index in [2.05, 4.69) is 0 Å². The van der Waals surface area contributed by atoms with E-state index in [0.717, 1.165) is 18.4 Å². The van der Waals surface area contributed by atoms with Gasteiger partial charge in [-0.25, -0.2) is 0 Å². The minimum Gasteiger partial charge on any atom is -0.394 e. The molecule has 3 N–H and O–H groups in total. The Balaban J connectivity index is 1.96. The molecule has 1 saturated heterocycles. The van der Waals surface area contributed by atoms with E-state index in [9.17, 15) is 9.90 Å². The van der Waals surface area contributed by atoms with Gasteiger partial charge in [0.25, 0.3) is 0 Å². The average Bonchev–Trinajstić information content (AvgIpc) is 2.87. The van der Waals surface area contributed by atoms with Crippen LogP contribution in [0.1, 0.15) is 18.4 Å². The molecule has 1 fully saturated rings. The third-order valence-electron chi connectivity index (χ3n) is 3.49. The number of hydrogen-bond donors (Lipinski definition) is 2. The van der Waals surface area contributed by atoms with Crippen LogP contribution in [0.2, 0.25) is 0 Å². The summed E-state index contributed by atoms with van der Waals surface area (Å²) in [6, 6.07) is 9.22. The average molecular weight is 248 g/mol. The van der Waals surface area contributed by atoms with E-state index in [1.807, 2.05) is 30.3 Å². The quantitative estimate of drug-likeness (QED) is 0.817. The van der Waals surface area contributed by atoms with Crippen LogP contribution in [-0.4, -0.2) is 41.1 Å². The summed E-state index contributed by atoms with van der Waals surface area (Å²) < 4.78 is 0. The zero-order valence-corrected chi connectivity index (χ0v) is 10.5. The smallest absolute Gasteiger partial charge is 0.240 e. The predicted octanol–water partition coefficient (Wildman–Crippen LogP) is 0.540. The van der Waals surface area contributed by atoms with Gasteiger partial charge in [0.15, 0.2) is 0 Å². The molecule has 1 heterocycles.